The summed E-state index contributed by atoms with van der Waals surface area (Å²) < 4.78 is 14.1. The fourth-order valence-corrected chi connectivity index (χ4v) is 3.24. The maximum absolute atomic E-state index is 14.1. The van der Waals surface area contributed by atoms with Gasteiger partial charge in [-0.15, -0.1) is 0 Å². The first-order chi connectivity index (χ1) is 9.15. The fourth-order valence-electron chi connectivity index (χ4n) is 3.24. The monoisotopic (exact) mass is 264 g/mol. The summed E-state index contributed by atoms with van der Waals surface area (Å²) in [6.45, 7) is 6.82. The molecular weight excluding hydrogens is 239 g/mol. The van der Waals surface area contributed by atoms with Crippen LogP contribution in [0, 0.1) is 11.2 Å². The topological polar surface area (TPSA) is 29.3 Å². The molecule has 1 fully saturated rings. The fraction of sp³-hybridized carbons (Fsp3) is 0.625. The van der Waals surface area contributed by atoms with Gasteiger partial charge in [-0.05, 0) is 29.9 Å². The highest BCUT2D eigenvalue weighted by atomic mass is 19.1. The number of hydrogen-bond acceptors (Lipinski definition) is 2. The molecule has 0 aliphatic carbocycles. The van der Waals surface area contributed by atoms with Gasteiger partial charge in [0, 0.05) is 19.6 Å². The van der Waals surface area contributed by atoms with Gasteiger partial charge in [-0.1, -0.05) is 38.8 Å². The minimum absolute atomic E-state index is 0.136. The predicted molar refractivity (Wildman–Crippen MR) is 78.8 cm³/mol. The first-order valence-electron chi connectivity index (χ1n) is 7.38. The molecule has 0 radical (unpaired) electrons. The standard InChI is InChI=1S/C16H25FN2/c1-3-16(4-2)8-10-19(11-9-16)15-13(12-18)6-5-7-14(15)17/h5-7H,3-4,8-12,18H2,1-2H3. The van der Waals surface area contributed by atoms with Crippen LogP contribution < -0.4 is 10.6 Å². The van der Waals surface area contributed by atoms with Crippen molar-refractivity contribution in [2.24, 2.45) is 11.1 Å². The van der Waals surface area contributed by atoms with Crippen molar-refractivity contribution >= 4 is 5.69 Å². The number of benzene rings is 1. The van der Waals surface area contributed by atoms with Gasteiger partial charge in [0.05, 0.1) is 5.69 Å². The molecule has 0 amide bonds. The lowest BCUT2D eigenvalue weighted by molar-refractivity contribution is 0.199. The molecule has 0 aromatic heterocycles. The summed E-state index contributed by atoms with van der Waals surface area (Å²) in [4.78, 5) is 2.18. The molecule has 3 heteroatoms. The summed E-state index contributed by atoms with van der Waals surface area (Å²) in [6, 6.07) is 5.21. The zero-order valence-corrected chi connectivity index (χ0v) is 12.1. The summed E-state index contributed by atoms with van der Waals surface area (Å²) in [6.07, 6.45) is 4.74. The van der Waals surface area contributed by atoms with Crippen molar-refractivity contribution in [3.63, 3.8) is 0 Å². The van der Waals surface area contributed by atoms with Crippen LogP contribution in [0.25, 0.3) is 0 Å². The Labute approximate surface area is 115 Å². The Morgan fingerprint density at radius 2 is 1.84 bits per heavy atom. The molecule has 1 aromatic carbocycles. The van der Waals surface area contributed by atoms with E-state index < -0.39 is 0 Å². The van der Waals surface area contributed by atoms with Crippen molar-refractivity contribution in [3.8, 4) is 0 Å². The molecule has 0 unspecified atom stereocenters. The lowest BCUT2D eigenvalue weighted by Crippen LogP contribution is -2.40. The third kappa shape index (κ3) is 2.76. The third-order valence-corrected chi connectivity index (χ3v) is 4.93. The number of rotatable bonds is 4. The van der Waals surface area contributed by atoms with Crippen molar-refractivity contribution in [1.82, 2.24) is 0 Å². The zero-order chi connectivity index (χ0) is 13.9. The second kappa shape index (κ2) is 5.91. The SMILES string of the molecule is CCC1(CC)CCN(c2c(F)cccc2CN)CC1. The Morgan fingerprint density at radius 3 is 2.37 bits per heavy atom. The second-order valence-corrected chi connectivity index (χ2v) is 5.65. The Balaban J connectivity index is 2.18. The van der Waals surface area contributed by atoms with Crippen molar-refractivity contribution < 1.29 is 4.39 Å². The van der Waals surface area contributed by atoms with Crippen molar-refractivity contribution in [3.05, 3.63) is 29.6 Å². The van der Waals surface area contributed by atoms with Gasteiger partial charge in [0.15, 0.2) is 0 Å². The number of hydrogen-bond donors (Lipinski definition) is 1. The van der Waals surface area contributed by atoms with Crippen LogP contribution in [0.1, 0.15) is 45.1 Å². The van der Waals surface area contributed by atoms with Gasteiger partial charge < -0.3 is 10.6 Å². The highest BCUT2D eigenvalue weighted by molar-refractivity contribution is 5.55. The van der Waals surface area contributed by atoms with Crippen molar-refractivity contribution in [2.75, 3.05) is 18.0 Å². The van der Waals surface area contributed by atoms with Crippen molar-refractivity contribution in [1.29, 1.82) is 0 Å². The predicted octanol–water partition coefficient (Wildman–Crippen LogP) is 3.69. The van der Waals surface area contributed by atoms with Gasteiger partial charge >= 0.3 is 0 Å². The zero-order valence-electron chi connectivity index (χ0n) is 12.1. The molecule has 2 nitrogen and oxygen atoms in total. The molecule has 0 saturated carbocycles. The molecule has 0 spiro atoms. The van der Waals surface area contributed by atoms with E-state index in [2.05, 4.69) is 18.7 Å². The normalized spacial score (nSPS) is 18.6. The smallest absolute Gasteiger partial charge is 0.146 e. The minimum Gasteiger partial charge on any atom is -0.369 e. The molecule has 1 saturated heterocycles. The average Bonchev–Trinajstić information content (AvgIpc) is 2.47. The van der Waals surface area contributed by atoms with Crippen LogP contribution in [-0.2, 0) is 6.54 Å². The van der Waals surface area contributed by atoms with E-state index in [0.717, 1.165) is 37.2 Å². The van der Waals surface area contributed by atoms with E-state index >= 15 is 0 Å². The van der Waals surface area contributed by atoms with Gasteiger partial charge in [0.25, 0.3) is 0 Å². The van der Waals surface area contributed by atoms with E-state index in [1.165, 1.54) is 18.9 Å². The van der Waals surface area contributed by atoms with E-state index in [-0.39, 0.29) is 5.82 Å². The van der Waals surface area contributed by atoms with Gasteiger partial charge in [-0.25, -0.2) is 4.39 Å². The van der Waals surface area contributed by atoms with Gasteiger partial charge in [-0.3, -0.25) is 0 Å². The number of nitrogens with two attached hydrogens (primary N) is 1. The summed E-state index contributed by atoms with van der Waals surface area (Å²) in [5.74, 6) is -0.136. The molecule has 1 aromatic rings. The molecule has 1 aliphatic heterocycles. The first kappa shape index (κ1) is 14.3. The van der Waals surface area contributed by atoms with Crippen molar-refractivity contribution in [2.45, 2.75) is 46.1 Å². The molecule has 0 atom stereocenters. The van der Waals surface area contributed by atoms with E-state index in [4.69, 9.17) is 5.73 Å². The summed E-state index contributed by atoms with van der Waals surface area (Å²) in [5.41, 5.74) is 7.85. The molecule has 1 aliphatic rings. The molecule has 2 N–H and O–H groups in total. The molecule has 19 heavy (non-hydrogen) atoms. The summed E-state index contributed by atoms with van der Waals surface area (Å²) >= 11 is 0. The van der Waals surface area contributed by atoms with E-state index in [0.29, 0.717) is 12.0 Å². The largest absolute Gasteiger partial charge is 0.369 e. The Bertz CT molecular complexity index is 417. The van der Waals surface area contributed by atoms with Crippen LogP contribution in [0.2, 0.25) is 0 Å². The van der Waals surface area contributed by atoms with Gasteiger partial charge in [-0.2, -0.15) is 0 Å². The Kier molecular flexibility index (Phi) is 4.46. The maximum Gasteiger partial charge on any atom is 0.146 e. The van der Waals surface area contributed by atoms with Gasteiger partial charge in [0.1, 0.15) is 5.82 Å². The third-order valence-electron chi connectivity index (χ3n) is 4.93. The number of anilines is 1. The second-order valence-electron chi connectivity index (χ2n) is 5.65. The number of nitrogens with zero attached hydrogens (tertiary/aromatic N) is 1. The first-order valence-corrected chi connectivity index (χ1v) is 7.38. The van der Waals surface area contributed by atoms with E-state index in [1.807, 2.05) is 6.07 Å². The quantitative estimate of drug-likeness (QED) is 0.898. The van der Waals surface area contributed by atoms with Crippen LogP contribution in [0.4, 0.5) is 10.1 Å². The molecule has 1 heterocycles. The van der Waals surface area contributed by atoms with Gasteiger partial charge in [0.2, 0.25) is 0 Å². The number of para-hydroxylation sites is 1. The highest BCUT2D eigenvalue weighted by Crippen LogP contribution is 2.40. The highest BCUT2D eigenvalue weighted by Gasteiger charge is 2.32. The summed E-state index contributed by atoms with van der Waals surface area (Å²) in [7, 11) is 0. The van der Waals surface area contributed by atoms with Crippen LogP contribution in [0.3, 0.4) is 0 Å². The Hall–Kier alpha value is -1.09. The van der Waals surface area contributed by atoms with Crippen LogP contribution in [-0.4, -0.2) is 13.1 Å². The Morgan fingerprint density at radius 1 is 1.21 bits per heavy atom. The molecule has 0 bridgehead atoms. The number of piperidine rings is 1. The van der Waals surface area contributed by atoms with E-state index in [1.54, 1.807) is 6.07 Å². The van der Waals surface area contributed by atoms with Crippen LogP contribution >= 0.6 is 0 Å². The molecule has 2 rings (SSSR count). The van der Waals surface area contributed by atoms with Crippen LogP contribution in [0.15, 0.2) is 18.2 Å². The summed E-state index contributed by atoms with van der Waals surface area (Å²) in [5, 5.41) is 0. The average molecular weight is 264 g/mol. The van der Waals surface area contributed by atoms with Crippen LogP contribution in [0.5, 0.6) is 0 Å². The maximum atomic E-state index is 14.1. The number of halogens is 1. The molecule has 106 valence electrons. The molecular formula is C16H25FN2. The van der Waals surface area contributed by atoms with E-state index in [9.17, 15) is 4.39 Å². The minimum atomic E-state index is -0.136. The lowest BCUT2D eigenvalue weighted by atomic mass is 9.74. The lowest BCUT2D eigenvalue weighted by Gasteiger charge is -2.42.